The summed E-state index contributed by atoms with van der Waals surface area (Å²) in [7, 11) is 0. The number of nitrogens with one attached hydrogen (secondary N) is 2. The predicted molar refractivity (Wildman–Crippen MR) is 66.0 cm³/mol. The average Bonchev–Trinajstić information content (AvgIpc) is 2.85. The van der Waals surface area contributed by atoms with Crippen LogP contribution in [0.2, 0.25) is 0 Å². The number of aromatic nitrogens is 3. The Morgan fingerprint density at radius 2 is 2.39 bits per heavy atom. The van der Waals surface area contributed by atoms with Gasteiger partial charge in [0.05, 0.1) is 12.7 Å². The molecular weight excluding hydrogens is 234 g/mol. The van der Waals surface area contributed by atoms with Gasteiger partial charge in [-0.1, -0.05) is 0 Å². The molecule has 0 saturated carbocycles. The molecule has 94 valence electrons. The molecule has 2 aromatic rings. The molecule has 2 aromatic heterocycles. The molecule has 4 N–H and O–H groups in total. The summed E-state index contributed by atoms with van der Waals surface area (Å²) in [5.74, 6) is 6.56. The SMILES string of the molecule is NNc1cn2ccnc2c(N2CCNC(=O)C2)n1. The Morgan fingerprint density at radius 3 is 3.17 bits per heavy atom. The summed E-state index contributed by atoms with van der Waals surface area (Å²) in [5.41, 5.74) is 3.22. The second-order valence-electron chi connectivity index (χ2n) is 4.02. The standard InChI is InChI=1S/C10H13N7O/c11-15-7-5-16-4-2-13-9(16)10(14-7)17-3-1-12-8(18)6-17/h2,4-5,15H,1,3,6,11H2,(H,12,18). The lowest BCUT2D eigenvalue weighted by Gasteiger charge is -2.27. The smallest absolute Gasteiger partial charge is 0.239 e. The highest BCUT2D eigenvalue weighted by Crippen LogP contribution is 2.20. The lowest BCUT2D eigenvalue weighted by molar-refractivity contribution is -0.120. The van der Waals surface area contributed by atoms with Crippen molar-refractivity contribution in [3.8, 4) is 0 Å². The second-order valence-corrected chi connectivity index (χ2v) is 4.02. The number of nitrogen functional groups attached to an aromatic ring is 1. The number of amides is 1. The number of imidazole rings is 1. The van der Waals surface area contributed by atoms with Gasteiger partial charge in [-0.15, -0.1) is 0 Å². The number of piperazine rings is 1. The van der Waals surface area contributed by atoms with Crippen molar-refractivity contribution in [2.24, 2.45) is 5.84 Å². The summed E-state index contributed by atoms with van der Waals surface area (Å²) in [5, 5.41) is 2.78. The molecule has 1 fully saturated rings. The number of nitrogens with zero attached hydrogens (tertiary/aromatic N) is 4. The van der Waals surface area contributed by atoms with Gasteiger partial charge >= 0.3 is 0 Å². The Hall–Kier alpha value is -2.35. The Morgan fingerprint density at radius 1 is 1.50 bits per heavy atom. The molecule has 0 radical (unpaired) electrons. The molecule has 18 heavy (non-hydrogen) atoms. The van der Waals surface area contributed by atoms with E-state index in [2.05, 4.69) is 20.7 Å². The molecule has 1 amide bonds. The van der Waals surface area contributed by atoms with E-state index < -0.39 is 0 Å². The summed E-state index contributed by atoms with van der Waals surface area (Å²) in [6.45, 7) is 1.59. The van der Waals surface area contributed by atoms with Crippen molar-refractivity contribution in [3.63, 3.8) is 0 Å². The van der Waals surface area contributed by atoms with E-state index in [0.29, 0.717) is 30.4 Å². The van der Waals surface area contributed by atoms with Crippen LogP contribution in [0.25, 0.3) is 5.65 Å². The van der Waals surface area contributed by atoms with E-state index in [1.807, 2.05) is 15.5 Å². The van der Waals surface area contributed by atoms with Crippen LogP contribution in [0.5, 0.6) is 0 Å². The highest BCUT2D eigenvalue weighted by molar-refractivity contribution is 5.84. The van der Waals surface area contributed by atoms with E-state index in [-0.39, 0.29) is 12.5 Å². The van der Waals surface area contributed by atoms with Crippen molar-refractivity contribution in [1.82, 2.24) is 19.7 Å². The molecule has 1 saturated heterocycles. The number of fused-ring (bicyclic) bond motifs is 1. The minimum Gasteiger partial charge on any atom is -0.353 e. The minimum atomic E-state index is -0.0149. The fraction of sp³-hybridized carbons (Fsp3) is 0.300. The third-order valence-corrected chi connectivity index (χ3v) is 2.84. The highest BCUT2D eigenvalue weighted by Gasteiger charge is 2.21. The number of hydrogen-bond donors (Lipinski definition) is 3. The predicted octanol–water partition coefficient (Wildman–Crippen LogP) is -1.05. The van der Waals surface area contributed by atoms with E-state index in [0.717, 1.165) is 0 Å². The maximum atomic E-state index is 11.4. The molecule has 0 spiro atoms. The van der Waals surface area contributed by atoms with Crippen molar-refractivity contribution in [3.05, 3.63) is 18.6 Å². The summed E-state index contributed by atoms with van der Waals surface area (Å²) in [4.78, 5) is 21.9. The van der Waals surface area contributed by atoms with Gasteiger partial charge in [0.15, 0.2) is 17.3 Å². The van der Waals surface area contributed by atoms with Crippen molar-refractivity contribution >= 4 is 23.2 Å². The molecule has 0 unspecified atom stereocenters. The molecule has 0 aliphatic carbocycles. The Bertz CT molecular complexity index is 593. The zero-order chi connectivity index (χ0) is 12.5. The van der Waals surface area contributed by atoms with Gasteiger partial charge in [0, 0.05) is 25.5 Å². The summed E-state index contributed by atoms with van der Waals surface area (Å²) < 4.78 is 1.82. The first-order chi connectivity index (χ1) is 8.78. The van der Waals surface area contributed by atoms with Crippen molar-refractivity contribution in [1.29, 1.82) is 0 Å². The third-order valence-electron chi connectivity index (χ3n) is 2.84. The van der Waals surface area contributed by atoms with Crippen LogP contribution in [0.15, 0.2) is 18.6 Å². The van der Waals surface area contributed by atoms with Crippen LogP contribution in [0.1, 0.15) is 0 Å². The summed E-state index contributed by atoms with van der Waals surface area (Å²) in [6, 6.07) is 0. The average molecular weight is 247 g/mol. The molecular formula is C10H13N7O. The highest BCUT2D eigenvalue weighted by atomic mass is 16.2. The van der Waals surface area contributed by atoms with Gasteiger partial charge in [0.25, 0.3) is 0 Å². The number of anilines is 2. The monoisotopic (exact) mass is 247 g/mol. The molecule has 1 aliphatic heterocycles. The Labute approximate surface area is 103 Å². The molecule has 1 aliphatic rings. The zero-order valence-electron chi connectivity index (χ0n) is 9.63. The normalized spacial score (nSPS) is 15.8. The van der Waals surface area contributed by atoms with E-state index in [4.69, 9.17) is 5.84 Å². The number of rotatable bonds is 2. The first-order valence-electron chi connectivity index (χ1n) is 5.60. The van der Waals surface area contributed by atoms with Crippen LogP contribution in [-0.2, 0) is 4.79 Å². The molecule has 8 heteroatoms. The van der Waals surface area contributed by atoms with Gasteiger partial charge in [-0.3, -0.25) is 4.79 Å². The zero-order valence-corrected chi connectivity index (χ0v) is 9.63. The van der Waals surface area contributed by atoms with Gasteiger partial charge in [-0.05, 0) is 0 Å². The lowest BCUT2D eigenvalue weighted by Crippen LogP contribution is -2.48. The molecule has 3 heterocycles. The van der Waals surface area contributed by atoms with Gasteiger partial charge in [0.2, 0.25) is 5.91 Å². The van der Waals surface area contributed by atoms with E-state index in [1.165, 1.54) is 0 Å². The molecule has 0 bridgehead atoms. The lowest BCUT2D eigenvalue weighted by atomic mass is 10.3. The molecule has 3 rings (SSSR count). The molecule has 0 atom stereocenters. The van der Waals surface area contributed by atoms with E-state index in [1.54, 1.807) is 12.4 Å². The summed E-state index contributed by atoms with van der Waals surface area (Å²) >= 11 is 0. The number of nitrogens with two attached hydrogens (primary N) is 1. The number of hydrogen-bond acceptors (Lipinski definition) is 6. The van der Waals surface area contributed by atoms with Crippen molar-refractivity contribution in [2.75, 3.05) is 30.0 Å². The largest absolute Gasteiger partial charge is 0.353 e. The van der Waals surface area contributed by atoms with E-state index in [9.17, 15) is 4.79 Å². The topological polar surface area (TPSA) is 101 Å². The van der Waals surface area contributed by atoms with Crippen LogP contribution >= 0.6 is 0 Å². The minimum absolute atomic E-state index is 0.0149. The first-order valence-corrected chi connectivity index (χ1v) is 5.60. The quantitative estimate of drug-likeness (QED) is 0.462. The second kappa shape index (κ2) is 4.15. The number of carbonyl (C=O) groups excluding carboxylic acids is 1. The van der Waals surface area contributed by atoms with Gasteiger partial charge < -0.3 is 20.0 Å². The molecule has 8 nitrogen and oxygen atoms in total. The van der Waals surface area contributed by atoms with Crippen LogP contribution < -0.4 is 21.5 Å². The van der Waals surface area contributed by atoms with Gasteiger partial charge in [0.1, 0.15) is 0 Å². The molecule has 0 aromatic carbocycles. The van der Waals surface area contributed by atoms with Crippen LogP contribution in [0.3, 0.4) is 0 Å². The fourth-order valence-electron chi connectivity index (χ4n) is 2.02. The maximum Gasteiger partial charge on any atom is 0.239 e. The van der Waals surface area contributed by atoms with Gasteiger partial charge in [-0.2, -0.15) is 0 Å². The van der Waals surface area contributed by atoms with Gasteiger partial charge in [-0.25, -0.2) is 15.8 Å². The van der Waals surface area contributed by atoms with E-state index >= 15 is 0 Å². The Kier molecular flexibility index (Phi) is 2.49. The van der Waals surface area contributed by atoms with Crippen molar-refractivity contribution in [2.45, 2.75) is 0 Å². The maximum absolute atomic E-state index is 11.4. The number of carbonyl (C=O) groups is 1. The Balaban J connectivity index is 2.08. The number of hydrazine groups is 1. The summed E-state index contributed by atoms with van der Waals surface area (Å²) in [6.07, 6.45) is 5.24. The van der Waals surface area contributed by atoms with Crippen LogP contribution in [-0.4, -0.2) is 39.9 Å². The third kappa shape index (κ3) is 1.72. The van der Waals surface area contributed by atoms with Crippen molar-refractivity contribution < 1.29 is 4.79 Å². The fourth-order valence-corrected chi connectivity index (χ4v) is 2.02. The van der Waals surface area contributed by atoms with Crippen LogP contribution in [0.4, 0.5) is 11.6 Å². The first kappa shape index (κ1) is 10.8. The van der Waals surface area contributed by atoms with Crippen LogP contribution in [0, 0.1) is 0 Å².